The van der Waals surface area contributed by atoms with Crippen LogP contribution in [0.15, 0.2) is 0 Å². The minimum atomic E-state index is -0.0333. The van der Waals surface area contributed by atoms with Crippen LogP contribution in [0.2, 0.25) is 0 Å². The highest BCUT2D eigenvalue weighted by molar-refractivity contribution is 5.76. The lowest BCUT2D eigenvalue weighted by Crippen LogP contribution is -2.64. The van der Waals surface area contributed by atoms with E-state index >= 15 is 0 Å². The van der Waals surface area contributed by atoms with Gasteiger partial charge in [-0.05, 0) is 20.3 Å². The number of amides is 1. The average Bonchev–Trinajstić information content (AvgIpc) is 2.26. The Balaban J connectivity index is 2.21. The van der Waals surface area contributed by atoms with Gasteiger partial charge in [0.15, 0.2) is 0 Å². The normalized spacial score (nSPS) is 28.6. The number of carbonyl (C=O) groups is 1. The van der Waals surface area contributed by atoms with Crippen molar-refractivity contribution in [3.8, 4) is 0 Å². The summed E-state index contributed by atoms with van der Waals surface area (Å²) in [7, 11) is 0. The van der Waals surface area contributed by atoms with Gasteiger partial charge < -0.3 is 20.5 Å². The van der Waals surface area contributed by atoms with Gasteiger partial charge in [0.05, 0.1) is 18.8 Å². The van der Waals surface area contributed by atoms with Gasteiger partial charge in [0, 0.05) is 25.7 Å². The maximum atomic E-state index is 11.5. The van der Waals surface area contributed by atoms with E-state index in [1.54, 1.807) is 0 Å². The summed E-state index contributed by atoms with van der Waals surface area (Å²) in [5, 5.41) is 2.89. The Morgan fingerprint density at radius 3 is 2.75 bits per heavy atom. The third-order valence-electron chi connectivity index (χ3n) is 2.75. The second-order valence-electron chi connectivity index (χ2n) is 3.93. The maximum absolute atomic E-state index is 11.5. The molecule has 0 heterocycles. The molecule has 0 aliphatic heterocycles. The second kappa shape index (κ2) is 6.83. The molecule has 0 spiro atoms. The number of hydrogen-bond acceptors (Lipinski definition) is 4. The Kier molecular flexibility index (Phi) is 5.73. The topological polar surface area (TPSA) is 73.6 Å². The number of ether oxygens (including phenoxy) is 2. The zero-order valence-electron chi connectivity index (χ0n) is 10.1. The number of hydrogen-bond donors (Lipinski definition) is 2. The summed E-state index contributed by atoms with van der Waals surface area (Å²) in [6.45, 7) is 5.60. The molecule has 94 valence electrons. The van der Waals surface area contributed by atoms with Crippen LogP contribution in [-0.4, -0.2) is 43.9 Å². The number of nitrogens with one attached hydrogen (secondary N) is 1. The lowest BCUT2D eigenvalue weighted by molar-refractivity contribution is -0.126. The highest BCUT2D eigenvalue weighted by Gasteiger charge is 2.40. The summed E-state index contributed by atoms with van der Waals surface area (Å²) in [4.78, 5) is 11.5. The molecule has 0 radical (unpaired) electrons. The number of carbonyl (C=O) groups excluding carboxylic acids is 1. The third-order valence-corrected chi connectivity index (χ3v) is 2.75. The van der Waals surface area contributed by atoms with Crippen molar-refractivity contribution in [1.82, 2.24) is 5.32 Å². The summed E-state index contributed by atoms with van der Waals surface area (Å²) in [5.41, 5.74) is 5.82. The van der Waals surface area contributed by atoms with E-state index in [-0.39, 0.29) is 24.1 Å². The fourth-order valence-corrected chi connectivity index (χ4v) is 1.79. The van der Waals surface area contributed by atoms with Crippen molar-refractivity contribution in [2.75, 3.05) is 19.8 Å². The van der Waals surface area contributed by atoms with E-state index in [0.717, 1.165) is 6.42 Å². The Hall–Kier alpha value is -0.650. The van der Waals surface area contributed by atoms with Crippen LogP contribution in [0.25, 0.3) is 0 Å². The molecule has 0 aromatic heterocycles. The van der Waals surface area contributed by atoms with Crippen LogP contribution in [0.3, 0.4) is 0 Å². The molecule has 0 bridgehead atoms. The molecule has 1 fully saturated rings. The largest absolute Gasteiger partial charge is 0.381 e. The fraction of sp³-hybridized carbons (Fsp3) is 0.909. The smallest absolute Gasteiger partial charge is 0.222 e. The highest BCUT2D eigenvalue weighted by Crippen LogP contribution is 2.22. The number of rotatable bonds is 7. The molecule has 1 rings (SSSR count). The molecule has 3 atom stereocenters. The molecule has 16 heavy (non-hydrogen) atoms. The van der Waals surface area contributed by atoms with Crippen molar-refractivity contribution in [1.29, 1.82) is 0 Å². The summed E-state index contributed by atoms with van der Waals surface area (Å²) >= 11 is 0. The summed E-state index contributed by atoms with van der Waals surface area (Å²) in [6, 6.07) is -0.0123. The van der Waals surface area contributed by atoms with Crippen LogP contribution >= 0.6 is 0 Å². The summed E-state index contributed by atoms with van der Waals surface area (Å²) < 4.78 is 10.6. The monoisotopic (exact) mass is 230 g/mol. The fourth-order valence-electron chi connectivity index (χ4n) is 1.79. The van der Waals surface area contributed by atoms with Gasteiger partial charge in [-0.3, -0.25) is 4.79 Å². The van der Waals surface area contributed by atoms with Gasteiger partial charge in [0.1, 0.15) is 0 Å². The van der Waals surface area contributed by atoms with E-state index in [4.69, 9.17) is 15.2 Å². The van der Waals surface area contributed by atoms with E-state index in [1.165, 1.54) is 0 Å². The minimum absolute atomic E-state index is 0.0155. The first-order chi connectivity index (χ1) is 7.69. The molecule has 3 unspecified atom stereocenters. The molecule has 1 amide bonds. The lowest BCUT2D eigenvalue weighted by Gasteiger charge is -2.42. The first-order valence-corrected chi connectivity index (χ1v) is 5.93. The molecule has 5 heteroatoms. The van der Waals surface area contributed by atoms with Crippen LogP contribution in [0, 0.1) is 0 Å². The van der Waals surface area contributed by atoms with Crippen LogP contribution in [0.1, 0.15) is 26.7 Å². The van der Waals surface area contributed by atoms with Crippen molar-refractivity contribution >= 4 is 5.91 Å². The van der Waals surface area contributed by atoms with E-state index in [0.29, 0.717) is 26.2 Å². The average molecular weight is 230 g/mol. The molecule has 1 aliphatic rings. The predicted molar refractivity (Wildman–Crippen MR) is 61.0 cm³/mol. The summed E-state index contributed by atoms with van der Waals surface area (Å²) in [5.74, 6) is -0.0155. The zero-order chi connectivity index (χ0) is 12.0. The maximum Gasteiger partial charge on any atom is 0.222 e. The first-order valence-electron chi connectivity index (χ1n) is 5.93. The van der Waals surface area contributed by atoms with Crippen molar-refractivity contribution in [2.24, 2.45) is 5.73 Å². The molecule has 5 nitrogen and oxygen atoms in total. The Bertz CT molecular complexity index is 221. The van der Waals surface area contributed by atoms with Crippen molar-refractivity contribution in [2.45, 2.75) is 44.9 Å². The van der Waals surface area contributed by atoms with Gasteiger partial charge in [0.2, 0.25) is 5.91 Å². The molecule has 0 aromatic carbocycles. The highest BCUT2D eigenvalue weighted by atomic mass is 16.5. The Labute approximate surface area is 96.7 Å². The molecular weight excluding hydrogens is 208 g/mol. The molecule has 3 N–H and O–H groups in total. The standard InChI is InChI=1S/C11H22N2O3/c1-3-15-6-5-10(14)13-11-8(12)7-9(11)16-4-2/h8-9,11H,3-7,12H2,1-2H3,(H,13,14). The van der Waals surface area contributed by atoms with Crippen LogP contribution in [-0.2, 0) is 14.3 Å². The molecule has 1 saturated carbocycles. The lowest BCUT2D eigenvalue weighted by atomic mass is 9.83. The second-order valence-corrected chi connectivity index (χ2v) is 3.93. The SMILES string of the molecule is CCOCCC(=O)NC1C(N)CC1OCC. The van der Waals surface area contributed by atoms with Crippen molar-refractivity contribution in [3.63, 3.8) is 0 Å². The summed E-state index contributed by atoms with van der Waals surface area (Å²) in [6.07, 6.45) is 1.29. The third kappa shape index (κ3) is 3.73. The van der Waals surface area contributed by atoms with Gasteiger partial charge in [0.25, 0.3) is 0 Å². The zero-order valence-corrected chi connectivity index (χ0v) is 10.1. The van der Waals surface area contributed by atoms with Gasteiger partial charge in [-0.15, -0.1) is 0 Å². The van der Waals surface area contributed by atoms with Gasteiger partial charge >= 0.3 is 0 Å². The van der Waals surface area contributed by atoms with E-state index in [2.05, 4.69) is 5.32 Å². The van der Waals surface area contributed by atoms with Gasteiger partial charge in [-0.1, -0.05) is 0 Å². The van der Waals surface area contributed by atoms with Gasteiger partial charge in [-0.2, -0.15) is 0 Å². The van der Waals surface area contributed by atoms with E-state index in [9.17, 15) is 4.79 Å². The predicted octanol–water partition coefficient (Wildman–Crippen LogP) is 0.0339. The van der Waals surface area contributed by atoms with E-state index < -0.39 is 0 Å². The van der Waals surface area contributed by atoms with Crippen LogP contribution in [0.5, 0.6) is 0 Å². The van der Waals surface area contributed by atoms with Crippen LogP contribution < -0.4 is 11.1 Å². The van der Waals surface area contributed by atoms with Crippen LogP contribution in [0.4, 0.5) is 0 Å². The number of nitrogens with two attached hydrogens (primary N) is 1. The quantitative estimate of drug-likeness (QED) is 0.605. The Morgan fingerprint density at radius 2 is 2.19 bits per heavy atom. The molecular formula is C11H22N2O3. The Morgan fingerprint density at radius 1 is 1.44 bits per heavy atom. The first kappa shape index (κ1) is 13.4. The minimum Gasteiger partial charge on any atom is -0.381 e. The molecule has 1 aliphatic carbocycles. The van der Waals surface area contributed by atoms with E-state index in [1.807, 2.05) is 13.8 Å². The van der Waals surface area contributed by atoms with Crippen molar-refractivity contribution < 1.29 is 14.3 Å². The van der Waals surface area contributed by atoms with Crippen molar-refractivity contribution in [3.05, 3.63) is 0 Å². The molecule has 0 aromatic rings. The van der Waals surface area contributed by atoms with Gasteiger partial charge in [-0.25, -0.2) is 0 Å². The molecule has 0 saturated heterocycles.